The maximum absolute atomic E-state index is 10.9. The van der Waals surface area contributed by atoms with Gasteiger partial charge >= 0.3 is 11.9 Å². The summed E-state index contributed by atoms with van der Waals surface area (Å²) in [5.74, 6) is -0.245. The van der Waals surface area contributed by atoms with E-state index in [-0.39, 0.29) is 5.97 Å². The first kappa shape index (κ1) is 18.2. The first-order valence-electron chi connectivity index (χ1n) is 7.04. The van der Waals surface area contributed by atoms with Gasteiger partial charge in [-0.1, -0.05) is 30.3 Å². The van der Waals surface area contributed by atoms with Crippen LogP contribution in [0.1, 0.15) is 25.3 Å². The van der Waals surface area contributed by atoms with Gasteiger partial charge in [0.1, 0.15) is 11.5 Å². The van der Waals surface area contributed by atoms with Crippen LogP contribution in [-0.2, 0) is 14.3 Å². The van der Waals surface area contributed by atoms with Gasteiger partial charge in [-0.05, 0) is 36.8 Å². The summed E-state index contributed by atoms with van der Waals surface area (Å²) >= 11 is 0. The van der Waals surface area contributed by atoms with Crippen LogP contribution in [0.2, 0.25) is 0 Å². The number of carbonyl (C=O) groups is 2. The molecule has 2 aromatic rings. The van der Waals surface area contributed by atoms with Crippen LogP contribution in [-0.4, -0.2) is 24.2 Å². The summed E-state index contributed by atoms with van der Waals surface area (Å²) in [5, 5.41) is 8.98. The van der Waals surface area contributed by atoms with Crippen LogP contribution in [0.3, 0.4) is 0 Å². The van der Waals surface area contributed by atoms with Gasteiger partial charge in [-0.3, -0.25) is 9.59 Å². The van der Waals surface area contributed by atoms with Crippen molar-refractivity contribution < 1.29 is 24.2 Å². The van der Waals surface area contributed by atoms with E-state index in [0.717, 1.165) is 11.3 Å². The van der Waals surface area contributed by atoms with Gasteiger partial charge in [-0.2, -0.15) is 0 Å². The number of carboxylic acid groups (broad SMARTS) is 1. The first-order valence-corrected chi connectivity index (χ1v) is 7.04. The molecule has 0 aliphatic heterocycles. The molecule has 0 radical (unpaired) electrons. The van der Waals surface area contributed by atoms with E-state index >= 15 is 0 Å². The van der Waals surface area contributed by atoms with Crippen LogP contribution in [0.15, 0.2) is 54.6 Å². The van der Waals surface area contributed by atoms with Crippen molar-refractivity contribution in [3.63, 3.8) is 0 Å². The normalized spacial score (nSPS) is 10.7. The molecule has 1 N–H and O–H groups in total. The second kappa shape index (κ2) is 9.25. The molecule has 23 heavy (non-hydrogen) atoms. The summed E-state index contributed by atoms with van der Waals surface area (Å²) in [5.41, 5.74) is 0.732. The van der Waals surface area contributed by atoms with Gasteiger partial charge in [0.05, 0.1) is 13.0 Å². The molecule has 0 bridgehead atoms. The van der Waals surface area contributed by atoms with Crippen LogP contribution in [0.5, 0.6) is 11.5 Å². The Hall–Kier alpha value is -2.82. The van der Waals surface area contributed by atoms with E-state index in [1.807, 2.05) is 36.4 Å². The lowest BCUT2D eigenvalue weighted by Crippen LogP contribution is -2.07. The fraction of sp³-hybridized carbons (Fsp3) is 0.222. The molecule has 1 unspecified atom stereocenters. The summed E-state index contributed by atoms with van der Waals surface area (Å²) < 4.78 is 9.77. The van der Waals surface area contributed by atoms with Crippen molar-refractivity contribution in [2.45, 2.75) is 19.8 Å². The average molecular weight is 316 g/mol. The van der Waals surface area contributed by atoms with Crippen LogP contribution in [0, 0.1) is 0 Å². The lowest BCUT2D eigenvalue weighted by Gasteiger charge is -2.10. The second-order valence-corrected chi connectivity index (χ2v) is 4.74. The number of benzene rings is 2. The molecule has 0 saturated heterocycles. The molecule has 2 aromatic carbocycles. The Kier molecular flexibility index (Phi) is 7.33. The molecule has 1 atom stereocenters. The van der Waals surface area contributed by atoms with Crippen LogP contribution < -0.4 is 4.74 Å². The zero-order valence-electron chi connectivity index (χ0n) is 13.4. The standard InChI is InChI=1S/C15H14O3.C3H6O2/c1-11(15(16)17)12-6-5-9-14(10-12)18-13-7-3-2-4-8-13;1-3(4)5-2/h2-11H,1H3,(H,16,17);1-2H3. The van der Waals surface area contributed by atoms with Gasteiger partial charge < -0.3 is 14.6 Å². The quantitative estimate of drug-likeness (QED) is 0.867. The summed E-state index contributed by atoms with van der Waals surface area (Å²) in [6.07, 6.45) is 0. The smallest absolute Gasteiger partial charge is 0.310 e. The predicted octanol–water partition coefficient (Wildman–Crippen LogP) is 3.85. The molecule has 0 fully saturated rings. The van der Waals surface area contributed by atoms with Gasteiger partial charge in [-0.15, -0.1) is 0 Å². The van der Waals surface area contributed by atoms with E-state index in [9.17, 15) is 9.59 Å². The van der Waals surface area contributed by atoms with E-state index < -0.39 is 11.9 Å². The van der Waals surface area contributed by atoms with Crippen molar-refractivity contribution in [3.8, 4) is 11.5 Å². The Bertz CT molecular complexity index is 637. The van der Waals surface area contributed by atoms with E-state index in [1.165, 1.54) is 14.0 Å². The molecule has 0 heterocycles. The van der Waals surface area contributed by atoms with Gasteiger partial charge in [-0.25, -0.2) is 0 Å². The zero-order valence-corrected chi connectivity index (χ0v) is 13.4. The number of methoxy groups -OCH3 is 1. The fourth-order valence-electron chi connectivity index (χ4n) is 1.61. The highest BCUT2D eigenvalue weighted by Gasteiger charge is 2.13. The monoisotopic (exact) mass is 316 g/mol. The summed E-state index contributed by atoms with van der Waals surface area (Å²) in [6.45, 7) is 3.02. The molecular weight excluding hydrogens is 296 g/mol. The molecule has 0 aliphatic carbocycles. The number of carboxylic acids is 1. The highest BCUT2D eigenvalue weighted by Crippen LogP contribution is 2.25. The molecule has 5 nitrogen and oxygen atoms in total. The van der Waals surface area contributed by atoms with Gasteiger partial charge in [0.15, 0.2) is 0 Å². The minimum absolute atomic E-state index is 0.245. The Morgan fingerprint density at radius 1 is 1.00 bits per heavy atom. The molecular formula is C18H20O5. The minimum atomic E-state index is -0.841. The molecule has 0 spiro atoms. The number of esters is 1. The maximum atomic E-state index is 10.9. The van der Waals surface area contributed by atoms with Crippen molar-refractivity contribution in [3.05, 3.63) is 60.2 Å². The number of para-hydroxylation sites is 1. The number of rotatable bonds is 4. The molecule has 2 rings (SSSR count). The highest BCUT2D eigenvalue weighted by atomic mass is 16.5. The third-order valence-corrected chi connectivity index (χ3v) is 2.99. The SMILES string of the molecule is CC(C(=O)O)c1cccc(Oc2ccccc2)c1.COC(C)=O. The van der Waals surface area contributed by atoms with Crippen molar-refractivity contribution in [1.82, 2.24) is 0 Å². The zero-order chi connectivity index (χ0) is 17.2. The number of ether oxygens (including phenoxy) is 2. The number of aliphatic carboxylic acids is 1. The molecule has 122 valence electrons. The highest BCUT2D eigenvalue weighted by molar-refractivity contribution is 5.75. The summed E-state index contributed by atoms with van der Waals surface area (Å²) in [4.78, 5) is 20.5. The van der Waals surface area contributed by atoms with E-state index in [2.05, 4.69) is 4.74 Å². The molecule has 0 amide bonds. The fourth-order valence-corrected chi connectivity index (χ4v) is 1.61. The van der Waals surface area contributed by atoms with Crippen LogP contribution in [0.4, 0.5) is 0 Å². The number of carbonyl (C=O) groups excluding carboxylic acids is 1. The third kappa shape index (κ3) is 6.65. The minimum Gasteiger partial charge on any atom is -0.481 e. The molecule has 0 saturated carbocycles. The number of hydrogen-bond donors (Lipinski definition) is 1. The lowest BCUT2D eigenvalue weighted by atomic mass is 10.0. The van der Waals surface area contributed by atoms with E-state index in [4.69, 9.17) is 9.84 Å². The van der Waals surface area contributed by atoms with Crippen molar-refractivity contribution in [2.24, 2.45) is 0 Å². The lowest BCUT2D eigenvalue weighted by molar-refractivity contribution is -0.139. The second-order valence-electron chi connectivity index (χ2n) is 4.74. The Morgan fingerprint density at radius 2 is 1.57 bits per heavy atom. The average Bonchev–Trinajstić information content (AvgIpc) is 2.55. The van der Waals surface area contributed by atoms with Crippen LogP contribution in [0.25, 0.3) is 0 Å². The Balaban J connectivity index is 0.000000463. The topological polar surface area (TPSA) is 72.8 Å². The molecule has 5 heteroatoms. The Labute approximate surface area is 135 Å². The van der Waals surface area contributed by atoms with Gasteiger partial charge in [0, 0.05) is 6.92 Å². The summed E-state index contributed by atoms with van der Waals surface area (Å²) in [7, 11) is 1.35. The van der Waals surface area contributed by atoms with Crippen molar-refractivity contribution in [2.75, 3.05) is 7.11 Å². The largest absolute Gasteiger partial charge is 0.481 e. The van der Waals surface area contributed by atoms with Crippen molar-refractivity contribution in [1.29, 1.82) is 0 Å². The molecule has 0 aliphatic rings. The van der Waals surface area contributed by atoms with Gasteiger partial charge in [0.2, 0.25) is 0 Å². The predicted molar refractivity (Wildman–Crippen MR) is 86.7 cm³/mol. The third-order valence-electron chi connectivity index (χ3n) is 2.99. The van der Waals surface area contributed by atoms with Crippen LogP contribution >= 0.6 is 0 Å². The summed E-state index contributed by atoms with van der Waals surface area (Å²) in [6, 6.07) is 16.6. The number of hydrogen-bond acceptors (Lipinski definition) is 4. The van der Waals surface area contributed by atoms with Gasteiger partial charge in [0.25, 0.3) is 0 Å². The first-order chi connectivity index (χ1) is 10.9. The molecule has 0 aromatic heterocycles. The van der Waals surface area contributed by atoms with Crippen molar-refractivity contribution >= 4 is 11.9 Å². The Morgan fingerprint density at radius 3 is 2.09 bits per heavy atom. The van der Waals surface area contributed by atoms with E-state index in [1.54, 1.807) is 25.1 Å². The van der Waals surface area contributed by atoms with E-state index in [0.29, 0.717) is 5.75 Å². The maximum Gasteiger partial charge on any atom is 0.310 e.